The van der Waals surface area contributed by atoms with Crippen LogP contribution in [0.1, 0.15) is 32.5 Å². The molecule has 2 aromatic heterocycles. The lowest BCUT2D eigenvalue weighted by Gasteiger charge is -2.19. The van der Waals surface area contributed by atoms with Crippen LogP contribution < -0.4 is 5.73 Å². The van der Waals surface area contributed by atoms with Gasteiger partial charge < -0.3 is 15.2 Å². The summed E-state index contributed by atoms with van der Waals surface area (Å²) in [5.74, 6) is 0.517. The Kier molecular flexibility index (Phi) is 5.67. The number of nitrogen functional groups attached to an aromatic ring is 1. The number of Topliss-reactive ketones (excluding diaryl/α,β-unsaturated/α-hetero) is 1. The maximum absolute atomic E-state index is 11.9. The van der Waals surface area contributed by atoms with Gasteiger partial charge in [0.25, 0.3) is 0 Å². The lowest BCUT2D eigenvalue weighted by Crippen LogP contribution is -2.29. The van der Waals surface area contributed by atoms with Crippen molar-refractivity contribution in [2.24, 2.45) is 0 Å². The molecule has 28 heavy (non-hydrogen) atoms. The molecule has 8 nitrogen and oxygen atoms in total. The van der Waals surface area contributed by atoms with Gasteiger partial charge in [-0.05, 0) is 19.4 Å². The Labute approximate surface area is 162 Å². The summed E-state index contributed by atoms with van der Waals surface area (Å²) in [4.78, 5) is 44.7. The average Bonchev–Trinajstić information content (AvgIpc) is 3.05. The van der Waals surface area contributed by atoms with Gasteiger partial charge in [-0.15, -0.1) is 0 Å². The predicted octanol–water partition coefficient (Wildman–Crippen LogP) is 2.08. The summed E-state index contributed by atoms with van der Waals surface area (Å²) < 4.78 is 1.99. The molecule has 0 radical (unpaired) electrons. The van der Waals surface area contributed by atoms with Crippen molar-refractivity contribution in [3.63, 3.8) is 0 Å². The van der Waals surface area contributed by atoms with Gasteiger partial charge in [0.1, 0.15) is 11.3 Å². The predicted molar refractivity (Wildman–Crippen MR) is 107 cm³/mol. The summed E-state index contributed by atoms with van der Waals surface area (Å²) >= 11 is 0. The van der Waals surface area contributed by atoms with Gasteiger partial charge in [0.05, 0.1) is 17.6 Å². The van der Waals surface area contributed by atoms with E-state index in [1.807, 2.05) is 35.8 Å². The number of nitrogens with zero attached hydrogens (tertiary/aromatic N) is 4. The van der Waals surface area contributed by atoms with Crippen molar-refractivity contribution in [2.75, 3.05) is 12.3 Å². The Morgan fingerprint density at radius 2 is 2.00 bits per heavy atom. The van der Waals surface area contributed by atoms with Crippen molar-refractivity contribution in [1.82, 2.24) is 19.4 Å². The van der Waals surface area contributed by atoms with Crippen molar-refractivity contribution in [3.05, 3.63) is 30.1 Å². The number of carbonyl (C=O) groups is 3. The van der Waals surface area contributed by atoms with E-state index in [4.69, 9.17) is 5.73 Å². The molecular formula is C20H23N5O3. The molecule has 0 bridgehead atoms. The monoisotopic (exact) mass is 381 g/mol. The standard InChI is InChI=1S/C20H23N5O3/c1-3-24(13(2)27)11-17-23-18-19(25(17)10-6-7-14(28)12-26)15-8-4-5-9-16(15)22-20(18)21/h4-5,8-9,12H,3,6-7,10-11H2,1-2H3,(H2,21,22). The molecule has 2 N–H and O–H groups in total. The fourth-order valence-electron chi connectivity index (χ4n) is 3.35. The molecule has 146 valence electrons. The molecule has 0 unspecified atom stereocenters. The summed E-state index contributed by atoms with van der Waals surface area (Å²) in [6, 6.07) is 7.64. The summed E-state index contributed by atoms with van der Waals surface area (Å²) in [6.07, 6.45) is 0.989. The van der Waals surface area contributed by atoms with Gasteiger partial charge in [-0.2, -0.15) is 0 Å². The zero-order valence-corrected chi connectivity index (χ0v) is 16.0. The zero-order valence-electron chi connectivity index (χ0n) is 16.0. The van der Waals surface area contributed by atoms with Gasteiger partial charge in [-0.3, -0.25) is 14.4 Å². The lowest BCUT2D eigenvalue weighted by molar-refractivity contribution is -0.129. The Morgan fingerprint density at radius 1 is 1.25 bits per heavy atom. The third-order valence-electron chi connectivity index (χ3n) is 4.79. The van der Waals surface area contributed by atoms with Gasteiger partial charge in [-0.1, -0.05) is 18.2 Å². The second-order valence-electron chi connectivity index (χ2n) is 6.61. The fraction of sp³-hybridized carbons (Fsp3) is 0.350. The van der Waals surface area contributed by atoms with Crippen LogP contribution in [0, 0.1) is 0 Å². The topological polar surface area (TPSA) is 111 Å². The highest BCUT2D eigenvalue weighted by Gasteiger charge is 2.19. The van der Waals surface area contributed by atoms with Crippen molar-refractivity contribution >= 4 is 45.7 Å². The Hall–Kier alpha value is -3.29. The number of para-hydroxylation sites is 1. The molecule has 0 aliphatic heterocycles. The van der Waals surface area contributed by atoms with E-state index in [-0.39, 0.29) is 12.3 Å². The molecule has 0 saturated heterocycles. The van der Waals surface area contributed by atoms with E-state index in [0.29, 0.717) is 49.5 Å². The largest absolute Gasteiger partial charge is 0.382 e. The van der Waals surface area contributed by atoms with Crippen molar-refractivity contribution < 1.29 is 14.4 Å². The summed E-state index contributed by atoms with van der Waals surface area (Å²) in [6.45, 7) is 4.79. The first-order valence-electron chi connectivity index (χ1n) is 9.23. The van der Waals surface area contributed by atoms with Crippen molar-refractivity contribution in [3.8, 4) is 0 Å². The molecule has 0 aliphatic carbocycles. The highest BCUT2D eigenvalue weighted by molar-refractivity contribution is 6.24. The first-order valence-corrected chi connectivity index (χ1v) is 9.23. The maximum Gasteiger partial charge on any atom is 0.219 e. The SMILES string of the molecule is CCN(Cc1nc2c(N)nc3ccccc3c2n1CCCC(=O)C=O)C(C)=O. The molecule has 0 fully saturated rings. The number of imidazole rings is 1. The van der Waals surface area contributed by atoms with Crippen LogP contribution in [0.15, 0.2) is 24.3 Å². The number of pyridine rings is 1. The first-order chi connectivity index (χ1) is 13.5. The number of aromatic nitrogens is 3. The fourth-order valence-corrected chi connectivity index (χ4v) is 3.35. The molecule has 1 aromatic carbocycles. The van der Waals surface area contributed by atoms with Crippen LogP contribution in [-0.2, 0) is 27.5 Å². The number of fused-ring (bicyclic) bond motifs is 3. The van der Waals surface area contributed by atoms with E-state index in [1.54, 1.807) is 4.90 Å². The number of hydrogen-bond donors (Lipinski definition) is 1. The van der Waals surface area contributed by atoms with E-state index in [0.717, 1.165) is 16.4 Å². The van der Waals surface area contributed by atoms with Crippen LogP contribution in [-0.4, -0.2) is 44.0 Å². The molecule has 2 heterocycles. The van der Waals surface area contributed by atoms with Crippen LogP contribution in [0.2, 0.25) is 0 Å². The molecule has 1 amide bonds. The zero-order chi connectivity index (χ0) is 20.3. The van der Waals surface area contributed by atoms with Crippen LogP contribution in [0.3, 0.4) is 0 Å². The average molecular weight is 381 g/mol. The molecule has 0 atom stereocenters. The quantitative estimate of drug-likeness (QED) is 0.472. The Balaban J connectivity index is 2.14. The summed E-state index contributed by atoms with van der Waals surface area (Å²) in [5.41, 5.74) is 8.32. The maximum atomic E-state index is 11.9. The second-order valence-corrected chi connectivity index (χ2v) is 6.61. The number of aryl methyl sites for hydroxylation is 1. The van der Waals surface area contributed by atoms with E-state index < -0.39 is 5.78 Å². The van der Waals surface area contributed by atoms with E-state index in [2.05, 4.69) is 9.97 Å². The Bertz CT molecular complexity index is 1060. The summed E-state index contributed by atoms with van der Waals surface area (Å²) in [7, 11) is 0. The van der Waals surface area contributed by atoms with Crippen LogP contribution >= 0.6 is 0 Å². The highest BCUT2D eigenvalue weighted by Crippen LogP contribution is 2.29. The van der Waals surface area contributed by atoms with Crippen molar-refractivity contribution in [2.45, 2.75) is 39.8 Å². The molecular weight excluding hydrogens is 358 g/mol. The third kappa shape index (κ3) is 3.71. The number of anilines is 1. The van der Waals surface area contributed by atoms with Crippen LogP contribution in [0.25, 0.3) is 21.9 Å². The minimum absolute atomic E-state index is 0.0480. The summed E-state index contributed by atoms with van der Waals surface area (Å²) in [5, 5.41) is 0.901. The van der Waals surface area contributed by atoms with Gasteiger partial charge >= 0.3 is 0 Å². The molecule has 0 aliphatic rings. The number of carbonyl (C=O) groups excluding carboxylic acids is 3. The van der Waals surface area contributed by atoms with E-state index in [9.17, 15) is 14.4 Å². The smallest absolute Gasteiger partial charge is 0.219 e. The molecule has 0 saturated carbocycles. The molecule has 3 rings (SSSR count). The minimum atomic E-state index is -0.434. The van der Waals surface area contributed by atoms with E-state index in [1.165, 1.54) is 6.92 Å². The number of amides is 1. The van der Waals surface area contributed by atoms with Crippen LogP contribution in [0.5, 0.6) is 0 Å². The van der Waals surface area contributed by atoms with Gasteiger partial charge in [0.15, 0.2) is 17.9 Å². The molecule has 3 aromatic rings. The van der Waals surface area contributed by atoms with Gasteiger partial charge in [-0.25, -0.2) is 9.97 Å². The van der Waals surface area contributed by atoms with E-state index >= 15 is 0 Å². The number of nitrogens with two attached hydrogens (primary N) is 1. The number of ketones is 1. The number of rotatable bonds is 8. The highest BCUT2D eigenvalue weighted by atomic mass is 16.2. The Morgan fingerprint density at radius 3 is 2.68 bits per heavy atom. The number of aldehydes is 1. The lowest BCUT2D eigenvalue weighted by atomic mass is 10.1. The first kappa shape index (κ1) is 19.5. The minimum Gasteiger partial charge on any atom is -0.382 e. The van der Waals surface area contributed by atoms with Crippen LogP contribution in [0.4, 0.5) is 5.82 Å². The normalized spacial score (nSPS) is 11.1. The number of benzene rings is 1. The molecule has 0 spiro atoms. The van der Waals surface area contributed by atoms with Gasteiger partial charge in [0.2, 0.25) is 5.91 Å². The van der Waals surface area contributed by atoms with Gasteiger partial charge in [0, 0.05) is 31.8 Å². The van der Waals surface area contributed by atoms with Crippen molar-refractivity contribution in [1.29, 1.82) is 0 Å². The second kappa shape index (κ2) is 8.16. The number of hydrogen-bond acceptors (Lipinski definition) is 6. The molecule has 8 heteroatoms. The third-order valence-corrected chi connectivity index (χ3v) is 4.79.